The van der Waals surface area contributed by atoms with Gasteiger partial charge < -0.3 is 14.8 Å². The zero-order valence-electron chi connectivity index (χ0n) is 18.0. The van der Waals surface area contributed by atoms with Crippen molar-refractivity contribution in [3.63, 3.8) is 0 Å². The van der Waals surface area contributed by atoms with Crippen molar-refractivity contribution < 1.29 is 26.3 Å². The zero-order valence-corrected chi connectivity index (χ0v) is 18.0. The summed E-state index contributed by atoms with van der Waals surface area (Å²) in [6, 6.07) is 4.83. The molecule has 4 aromatic rings. The van der Waals surface area contributed by atoms with Crippen molar-refractivity contribution in [2.45, 2.75) is 12.4 Å². The average Bonchev–Trinajstić information content (AvgIpc) is 3.12. The lowest BCUT2D eigenvalue weighted by atomic mass is 9.95. The number of alkyl halides is 6. The van der Waals surface area contributed by atoms with E-state index in [1.54, 1.807) is 49.9 Å². The van der Waals surface area contributed by atoms with Crippen molar-refractivity contribution in [1.29, 1.82) is 0 Å². The summed E-state index contributed by atoms with van der Waals surface area (Å²) < 4.78 is 82.5. The Balaban J connectivity index is 2.15. The van der Waals surface area contributed by atoms with Gasteiger partial charge in [-0.25, -0.2) is 4.98 Å². The number of benzene rings is 2. The maximum Gasteiger partial charge on any atom is 0.416 e. The molecule has 5 nitrogen and oxygen atoms in total. The first-order valence-corrected chi connectivity index (χ1v) is 9.76. The Morgan fingerprint density at radius 2 is 1.52 bits per heavy atom. The number of fused-ring (bicyclic) bond motifs is 3. The summed E-state index contributed by atoms with van der Waals surface area (Å²) in [5.74, 6) is 0.833. The smallest absolute Gasteiger partial charge is 0.362 e. The van der Waals surface area contributed by atoms with Gasteiger partial charge in [-0.2, -0.15) is 31.3 Å². The number of nitrogens with one attached hydrogen (secondary N) is 1. The molecule has 0 amide bonds. The summed E-state index contributed by atoms with van der Waals surface area (Å²) in [5.41, 5.74) is -1.89. The van der Waals surface area contributed by atoms with Gasteiger partial charge in [-0.3, -0.25) is 0 Å². The minimum absolute atomic E-state index is 0.123. The van der Waals surface area contributed by atoms with E-state index in [1.807, 2.05) is 0 Å². The van der Waals surface area contributed by atoms with Crippen molar-refractivity contribution in [2.75, 3.05) is 31.4 Å². The molecule has 0 atom stereocenters. The monoisotopic (exact) mass is 467 g/mol. The maximum absolute atomic E-state index is 13.5. The predicted molar refractivity (Wildman–Crippen MR) is 115 cm³/mol. The first-order valence-electron chi connectivity index (χ1n) is 9.76. The van der Waals surface area contributed by atoms with E-state index < -0.39 is 23.5 Å². The Hall–Kier alpha value is -3.50. The summed E-state index contributed by atoms with van der Waals surface area (Å²) in [4.78, 5) is 10.7. The highest BCUT2D eigenvalue weighted by atomic mass is 19.4. The third-order valence-electron chi connectivity index (χ3n) is 5.34. The Bertz CT molecular complexity index is 1340. The fourth-order valence-corrected chi connectivity index (χ4v) is 3.87. The topological polar surface area (TPSA) is 46.0 Å². The largest absolute Gasteiger partial charge is 0.416 e. The van der Waals surface area contributed by atoms with E-state index in [1.165, 1.54) is 6.07 Å². The zero-order chi connectivity index (χ0) is 24.3. The van der Waals surface area contributed by atoms with Gasteiger partial charge in [-0.1, -0.05) is 0 Å². The fourth-order valence-electron chi connectivity index (χ4n) is 3.87. The first kappa shape index (κ1) is 22.7. The van der Waals surface area contributed by atoms with Crippen LogP contribution in [0.3, 0.4) is 0 Å². The van der Waals surface area contributed by atoms with Crippen molar-refractivity contribution in [3.8, 4) is 11.1 Å². The van der Waals surface area contributed by atoms with Crippen molar-refractivity contribution >= 4 is 33.6 Å². The molecule has 0 unspecified atom stereocenters. The predicted octanol–water partition coefficient (Wildman–Crippen LogP) is 5.93. The number of aromatic nitrogens is 3. The maximum atomic E-state index is 13.5. The minimum atomic E-state index is -4.94. The Morgan fingerprint density at radius 1 is 0.909 bits per heavy atom. The molecular formula is C22H19F6N5. The molecule has 33 heavy (non-hydrogen) atoms. The molecule has 0 saturated heterocycles. The van der Waals surface area contributed by atoms with Crippen LogP contribution >= 0.6 is 0 Å². The summed E-state index contributed by atoms with van der Waals surface area (Å²) in [6.07, 6.45) is -8.20. The van der Waals surface area contributed by atoms with Crippen LogP contribution < -0.4 is 10.2 Å². The van der Waals surface area contributed by atoms with Gasteiger partial charge in [0.25, 0.3) is 0 Å². The van der Waals surface area contributed by atoms with Crippen LogP contribution in [0.4, 0.5) is 38.1 Å². The second-order valence-corrected chi connectivity index (χ2v) is 7.82. The van der Waals surface area contributed by atoms with E-state index in [2.05, 4.69) is 15.3 Å². The van der Waals surface area contributed by atoms with E-state index in [0.717, 1.165) is 12.1 Å². The van der Waals surface area contributed by atoms with Gasteiger partial charge in [0, 0.05) is 45.3 Å². The normalized spacial score (nSPS) is 12.5. The highest BCUT2D eigenvalue weighted by molar-refractivity contribution is 6.16. The van der Waals surface area contributed by atoms with E-state index in [0.29, 0.717) is 27.6 Å². The summed E-state index contributed by atoms with van der Waals surface area (Å²) in [7, 11) is 6.86. The molecule has 1 N–H and O–H groups in total. The summed E-state index contributed by atoms with van der Waals surface area (Å²) >= 11 is 0. The van der Waals surface area contributed by atoms with Crippen LogP contribution in [0.5, 0.6) is 0 Å². The highest BCUT2D eigenvalue weighted by Gasteiger charge is 2.37. The fraction of sp³-hybridized carbons (Fsp3) is 0.273. The molecule has 0 aliphatic carbocycles. The van der Waals surface area contributed by atoms with Gasteiger partial charge in [-0.05, 0) is 35.9 Å². The number of nitrogens with zero attached hydrogens (tertiary/aromatic N) is 4. The van der Waals surface area contributed by atoms with E-state index in [9.17, 15) is 26.3 Å². The molecule has 2 aromatic heterocycles. The van der Waals surface area contributed by atoms with Crippen LogP contribution in [0, 0.1) is 0 Å². The molecule has 0 fully saturated rings. The lowest BCUT2D eigenvalue weighted by molar-refractivity contribution is -0.143. The van der Waals surface area contributed by atoms with E-state index in [-0.39, 0.29) is 23.1 Å². The van der Waals surface area contributed by atoms with Crippen LogP contribution in [0.15, 0.2) is 36.5 Å². The molecule has 0 saturated carbocycles. The lowest BCUT2D eigenvalue weighted by Crippen LogP contribution is -2.13. The summed E-state index contributed by atoms with van der Waals surface area (Å²) in [5, 5.41) is 4.09. The average molecular weight is 467 g/mol. The third-order valence-corrected chi connectivity index (χ3v) is 5.34. The van der Waals surface area contributed by atoms with Crippen LogP contribution in [0.1, 0.15) is 11.1 Å². The van der Waals surface area contributed by atoms with Gasteiger partial charge in [0.1, 0.15) is 5.82 Å². The molecule has 2 aromatic carbocycles. The molecule has 11 heteroatoms. The molecular weight excluding hydrogens is 448 g/mol. The van der Waals surface area contributed by atoms with Crippen molar-refractivity contribution in [3.05, 3.63) is 47.7 Å². The summed E-state index contributed by atoms with van der Waals surface area (Å²) in [6.45, 7) is 0. The molecule has 4 rings (SSSR count). The Labute approximate surface area is 184 Å². The molecule has 2 heterocycles. The number of aryl methyl sites for hydroxylation is 1. The number of rotatable bonds is 3. The van der Waals surface area contributed by atoms with E-state index >= 15 is 0 Å². The van der Waals surface area contributed by atoms with Crippen molar-refractivity contribution in [2.24, 2.45) is 7.05 Å². The number of hydrogen-bond donors (Lipinski definition) is 1. The van der Waals surface area contributed by atoms with E-state index in [4.69, 9.17) is 0 Å². The van der Waals surface area contributed by atoms with Gasteiger partial charge in [0.2, 0.25) is 5.95 Å². The Morgan fingerprint density at radius 3 is 2.03 bits per heavy atom. The van der Waals surface area contributed by atoms with Gasteiger partial charge in [0.15, 0.2) is 0 Å². The molecule has 0 radical (unpaired) electrons. The van der Waals surface area contributed by atoms with Crippen LogP contribution in [0.2, 0.25) is 0 Å². The van der Waals surface area contributed by atoms with Gasteiger partial charge in [-0.15, -0.1) is 0 Å². The van der Waals surface area contributed by atoms with Gasteiger partial charge >= 0.3 is 12.4 Å². The third kappa shape index (κ3) is 3.91. The highest BCUT2D eigenvalue weighted by Crippen LogP contribution is 2.42. The lowest BCUT2D eigenvalue weighted by Gasteiger charge is -2.19. The quantitative estimate of drug-likeness (QED) is 0.379. The first-order chi connectivity index (χ1) is 15.3. The molecule has 0 aliphatic heterocycles. The number of anilines is 2. The second-order valence-electron chi connectivity index (χ2n) is 7.82. The number of halogens is 6. The number of hydrogen-bond acceptors (Lipinski definition) is 4. The van der Waals surface area contributed by atoms with Crippen molar-refractivity contribution in [1.82, 2.24) is 14.5 Å². The Kier molecular flexibility index (Phi) is 5.18. The molecule has 0 spiro atoms. The SMILES string of the molecule is CNc1nc(N(C)C)c2c(cc(-c3cc(C(F)(F)F)cc(C(F)(F)F)c3)c3c2ccn3C)n1. The molecule has 174 valence electrons. The van der Waals surface area contributed by atoms with Crippen LogP contribution in [0.25, 0.3) is 32.9 Å². The van der Waals surface area contributed by atoms with Gasteiger partial charge in [0.05, 0.1) is 27.5 Å². The standard InChI is InChI=1S/C22H19F6N5/c1-29-20-30-16-10-15(11-7-12(21(23,24)25)9-13(8-11)22(26,27)28)18-14(5-6-33(18)4)17(16)19(31-20)32(2)3/h5-10H,1-4H3,(H,29,30,31). The van der Waals surface area contributed by atoms with Crippen LogP contribution in [-0.4, -0.2) is 35.7 Å². The minimum Gasteiger partial charge on any atom is -0.362 e. The van der Waals surface area contributed by atoms with Crippen LogP contribution in [-0.2, 0) is 19.4 Å². The second kappa shape index (κ2) is 7.53. The molecule has 0 aliphatic rings. The molecule has 0 bridgehead atoms.